The quantitative estimate of drug-likeness (QED) is 0.335. The van der Waals surface area contributed by atoms with Gasteiger partial charge >= 0.3 is 0 Å². The third-order valence-corrected chi connectivity index (χ3v) is 10.2. The number of hydrogen-bond donors (Lipinski definition) is 4. The maximum Gasteiger partial charge on any atom is 0.238 e. The summed E-state index contributed by atoms with van der Waals surface area (Å²) in [5.74, 6) is -10.9. The number of nitrogens with zero attached hydrogens (tertiary/aromatic N) is 2. The highest BCUT2D eigenvalue weighted by atomic mass is 16.3. The summed E-state index contributed by atoms with van der Waals surface area (Å²) in [6, 6.07) is 9.00. The Labute approximate surface area is 265 Å². The fraction of sp³-hybridized carbons (Fsp3) is 0.471. The molecule has 46 heavy (non-hydrogen) atoms. The molecule has 1 heterocycles. The zero-order chi connectivity index (χ0) is 33.1. The molecule has 12 nitrogen and oxygen atoms in total. The molecule has 3 aliphatic carbocycles. The molecule has 5 N–H and O–H groups in total. The summed E-state index contributed by atoms with van der Waals surface area (Å²) in [6.07, 6.45) is 3.48. The number of nitrogens with one attached hydrogen (secondary N) is 1. The summed E-state index contributed by atoms with van der Waals surface area (Å²) in [5, 5.41) is 25.5. The largest absolute Gasteiger partial charge is 0.507 e. The summed E-state index contributed by atoms with van der Waals surface area (Å²) in [7, 11) is 3.09. The number of phenolic OH excluding ortho intramolecular Hbond substituents is 1. The Hall–Kier alpha value is -4.26. The maximum atomic E-state index is 14.0. The average molecular weight is 631 g/mol. The molecule has 3 fully saturated rings. The number of carbonyl (C=O) groups is 6. The number of carbonyl (C=O) groups excluding carboxylic acids is 6. The highest BCUT2D eigenvalue weighted by Crippen LogP contribution is 2.51. The van der Waals surface area contributed by atoms with Crippen molar-refractivity contribution in [2.45, 2.75) is 43.7 Å². The van der Waals surface area contributed by atoms with E-state index < -0.39 is 64.4 Å². The smallest absolute Gasteiger partial charge is 0.238 e. The number of likely N-dealkylation sites (N-methyl/N-ethyl adjacent to an activating group) is 1. The molecular weight excluding hydrogens is 592 g/mol. The predicted molar refractivity (Wildman–Crippen MR) is 166 cm³/mol. The number of ketones is 4. The van der Waals surface area contributed by atoms with E-state index in [-0.39, 0.29) is 30.1 Å². The van der Waals surface area contributed by atoms with Crippen LogP contribution in [0.4, 0.5) is 5.69 Å². The molecule has 0 radical (unpaired) electrons. The third-order valence-electron chi connectivity index (χ3n) is 10.2. The van der Waals surface area contributed by atoms with E-state index in [2.05, 4.69) is 10.2 Å². The molecule has 2 aromatic carbocycles. The van der Waals surface area contributed by atoms with E-state index in [1.165, 1.54) is 17.4 Å². The van der Waals surface area contributed by atoms with E-state index >= 15 is 0 Å². The molecule has 2 unspecified atom stereocenters. The number of aliphatic hydroxyl groups is 1. The molecule has 6 atom stereocenters. The number of benzene rings is 2. The van der Waals surface area contributed by atoms with Crippen molar-refractivity contribution in [2.75, 3.05) is 39.0 Å². The third kappa shape index (κ3) is 5.04. The SMILES string of the molecule is CN(C)[C@@H]1C(=O)C(C(N)=O)C(=O)[C@@]2(O)C(=O)C3C(=O)c4c(O)ccc(-c5ccc(NC(=O)CN6CCCCC6)cc5)c4C[C@H]3C[C@@H]12. The number of anilines is 1. The van der Waals surface area contributed by atoms with E-state index in [4.69, 9.17) is 5.73 Å². The Bertz CT molecular complexity index is 1650. The zero-order valence-electron chi connectivity index (χ0n) is 25.8. The summed E-state index contributed by atoms with van der Waals surface area (Å²) < 4.78 is 0. The Morgan fingerprint density at radius 1 is 1.00 bits per heavy atom. The van der Waals surface area contributed by atoms with E-state index in [1.807, 2.05) is 0 Å². The van der Waals surface area contributed by atoms with Crippen LogP contribution in [0.25, 0.3) is 11.1 Å². The van der Waals surface area contributed by atoms with Gasteiger partial charge < -0.3 is 21.3 Å². The van der Waals surface area contributed by atoms with Gasteiger partial charge in [-0.15, -0.1) is 0 Å². The molecule has 1 aliphatic heterocycles. The normalized spacial score (nSPS) is 29.6. The standard InChI is InChI=1S/C34H38N4O8/c1-37(2)28-22-15-18-14-21-20(17-6-8-19(9-7-17)36-24(40)16-38-12-4-3-5-13-38)10-11-23(39)26(21)29(41)25(18)31(43)34(22,46)32(44)27(30(28)42)33(35)45/h6-11,18,22,25,27-28,39,46H,3-5,12-16H2,1-2H3,(H2,35,45)(H,36,40)/t18-,22-,25?,27?,28-,34-/m0/s1. The van der Waals surface area contributed by atoms with Crippen LogP contribution in [0, 0.1) is 23.7 Å². The lowest BCUT2D eigenvalue weighted by atomic mass is 9.52. The number of phenols is 1. The number of hydrogen-bond acceptors (Lipinski definition) is 10. The Balaban J connectivity index is 1.31. The molecule has 2 saturated carbocycles. The molecule has 2 aromatic rings. The number of Topliss-reactive ketones (excluding diaryl/α,β-unsaturated/α-hetero) is 4. The molecule has 0 aromatic heterocycles. The average Bonchev–Trinajstić information content (AvgIpc) is 3.00. The number of fused-ring (bicyclic) bond motifs is 3. The molecule has 4 aliphatic rings. The molecule has 1 saturated heterocycles. The second-order valence-corrected chi connectivity index (χ2v) is 13.2. The minimum atomic E-state index is -2.77. The first kappa shape index (κ1) is 31.7. The Morgan fingerprint density at radius 2 is 1.67 bits per heavy atom. The van der Waals surface area contributed by atoms with Gasteiger partial charge in [-0.2, -0.15) is 0 Å². The van der Waals surface area contributed by atoms with Crippen molar-refractivity contribution < 1.29 is 39.0 Å². The van der Waals surface area contributed by atoms with Crippen molar-refractivity contribution in [2.24, 2.45) is 29.4 Å². The number of nitrogens with two attached hydrogens (primary N) is 1. The number of rotatable bonds is 6. The molecule has 12 heteroatoms. The Morgan fingerprint density at radius 3 is 2.30 bits per heavy atom. The number of likely N-dealkylation sites (tertiary alicyclic amines) is 1. The van der Waals surface area contributed by atoms with Gasteiger partial charge in [0.05, 0.1) is 24.1 Å². The van der Waals surface area contributed by atoms with Crippen molar-refractivity contribution in [3.63, 3.8) is 0 Å². The van der Waals surface area contributed by atoms with Crippen LogP contribution in [-0.4, -0.2) is 100 Å². The number of piperidine rings is 1. The van der Waals surface area contributed by atoms with Crippen molar-refractivity contribution in [1.82, 2.24) is 9.80 Å². The first-order valence-corrected chi connectivity index (χ1v) is 15.7. The molecule has 2 amide bonds. The number of primary amides is 1. The van der Waals surface area contributed by atoms with Crippen LogP contribution < -0.4 is 11.1 Å². The maximum absolute atomic E-state index is 14.0. The minimum Gasteiger partial charge on any atom is -0.507 e. The van der Waals surface area contributed by atoms with Crippen LogP contribution in [0.2, 0.25) is 0 Å². The minimum absolute atomic E-state index is 0.0268. The van der Waals surface area contributed by atoms with Gasteiger partial charge in [0.1, 0.15) is 5.75 Å². The highest BCUT2D eigenvalue weighted by Gasteiger charge is 2.69. The monoisotopic (exact) mass is 630 g/mol. The fourth-order valence-corrected chi connectivity index (χ4v) is 8.13. The highest BCUT2D eigenvalue weighted by molar-refractivity contribution is 6.32. The van der Waals surface area contributed by atoms with Crippen LogP contribution in [0.1, 0.15) is 41.6 Å². The molecule has 0 bridgehead atoms. The first-order chi connectivity index (χ1) is 21.8. The van der Waals surface area contributed by atoms with E-state index in [0.717, 1.165) is 25.9 Å². The van der Waals surface area contributed by atoms with Gasteiger partial charge in [-0.05, 0) is 93.7 Å². The molecular formula is C34H38N4O8. The van der Waals surface area contributed by atoms with Crippen molar-refractivity contribution in [3.05, 3.63) is 47.5 Å². The fourth-order valence-electron chi connectivity index (χ4n) is 8.13. The van der Waals surface area contributed by atoms with Gasteiger partial charge in [0.25, 0.3) is 0 Å². The molecule has 6 rings (SSSR count). The van der Waals surface area contributed by atoms with Crippen LogP contribution >= 0.6 is 0 Å². The summed E-state index contributed by atoms with van der Waals surface area (Å²) in [6.45, 7) is 2.13. The van der Waals surface area contributed by atoms with Gasteiger partial charge in [-0.3, -0.25) is 38.6 Å². The molecule has 242 valence electrons. The van der Waals surface area contributed by atoms with Gasteiger partial charge in [0.2, 0.25) is 11.8 Å². The number of amides is 2. The van der Waals surface area contributed by atoms with Gasteiger partial charge in [0.15, 0.2) is 34.7 Å². The van der Waals surface area contributed by atoms with Crippen molar-refractivity contribution in [3.8, 4) is 16.9 Å². The van der Waals surface area contributed by atoms with Crippen LogP contribution in [-0.2, 0) is 30.4 Å². The second-order valence-electron chi connectivity index (χ2n) is 13.2. The van der Waals surface area contributed by atoms with E-state index in [1.54, 1.807) is 44.4 Å². The van der Waals surface area contributed by atoms with Gasteiger partial charge in [0, 0.05) is 11.6 Å². The zero-order valence-corrected chi connectivity index (χ0v) is 25.8. The van der Waals surface area contributed by atoms with Crippen molar-refractivity contribution >= 4 is 40.6 Å². The van der Waals surface area contributed by atoms with Crippen LogP contribution in [0.3, 0.4) is 0 Å². The lowest BCUT2D eigenvalue weighted by Crippen LogP contribution is -2.74. The van der Waals surface area contributed by atoms with Crippen LogP contribution in [0.5, 0.6) is 5.75 Å². The van der Waals surface area contributed by atoms with Crippen LogP contribution in [0.15, 0.2) is 36.4 Å². The van der Waals surface area contributed by atoms with Gasteiger partial charge in [-0.25, -0.2) is 0 Å². The lowest BCUT2D eigenvalue weighted by Gasteiger charge is -2.52. The van der Waals surface area contributed by atoms with E-state index in [0.29, 0.717) is 28.9 Å². The number of aromatic hydroxyl groups is 1. The Kier molecular flexibility index (Phi) is 8.16. The summed E-state index contributed by atoms with van der Waals surface area (Å²) in [5.41, 5.74) is 5.03. The summed E-state index contributed by atoms with van der Waals surface area (Å²) >= 11 is 0. The van der Waals surface area contributed by atoms with Crippen molar-refractivity contribution in [1.29, 1.82) is 0 Å². The topological polar surface area (TPSA) is 187 Å². The van der Waals surface area contributed by atoms with Gasteiger partial charge in [-0.1, -0.05) is 24.6 Å². The van der Waals surface area contributed by atoms with E-state index in [9.17, 15) is 39.0 Å². The summed E-state index contributed by atoms with van der Waals surface area (Å²) in [4.78, 5) is 83.1. The predicted octanol–water partition coefficient (Wildman–Crippen LogP) is 0.958. The first-order valence-electron chi connectivity index (χ1n) is 15.7. The lowest BCUT2D eigenvalue weighted by molar-refractivity contribution is -0.181. The second kappa shape index (κ2) is 11.8. The molecule has 0 spiro atoms.